The summed E-state index contributed by atoms with van der Waals surface area (Å²) in [5, 5.41) is 8.54. The Kier molecular flexibility index (Phi) is 4.73. The van der Waals surface area contributed by atoms with Gasteiger partial charge in [-0.15, -0.1) is 0 Å². The highest BCUT2D eigenvalue weighted by Gasteiger charge is 2.03. The Bertz CT molecular complexity index is 227. The lowest BCUT2D eigenvalue weighted by atomic mass is 10.2. The SMILES string of the molecule is CCC(C#N)=CN(C)C(=O)CN. The van der Waals surface area contributed by atoms with Crippen molar-refractivity contribution in [3.63, 3.8) is 0 Å². The summed E-state index contributed by atoms with van der Waals surface area (Å²) in [6.45, 7) is 1.82. The van der Waals surface area contributed by atoms with Crippen molar-refractivity contribution < 1.29 is 4.79 Å². The lowest BCUT2D eigenvalue weighted by Crippen LogP contribution is -2.28. The largest absolute Gasteiger partial charge is 0.322 e. The van der Waals surface area contributed by atoms with Crippen molar-refractivity contribution in [2.24, 2.45) is 5.73 Å². The molecule has 12 heavy (non-hydrogen) atoms. The van der Waals surface area contributed by atoms with Crippen molar-refractivity contribution in [2.45, 2.75) is 13.3 Å². The van der Waals surface area contributed by atoms with Crippen LogP contribution in [0, 0.1) is 11.3 Å². The molecule has 1 amide bonds. The van der Waals surface area contributed by atoms with E-state index in [0.717, 1.165) is 0 Å². The Morgan fingerprint density at radius 3 is 2.67 bits per heavy atom. The van der Waals surface area contributed by atoms with Crippen molar-refractivity contribution in [3.8, 4) is 6.07 Å². The van der Waals surface area contributed by atoms with Crippen LogP contribution in [0.1, 0.15) is 13.3 Å². The quantitative estimate of drug-likeness (QED) is 0.611. The van der Waals surface area contributed by atoms with Gasteiger partial charge in [0.25, 0.3) is 0 Å². The van der Waals surface area contributed by atoms with Crippen molar-refractivity contribution in [2.75, 3.05) is 13.6 Å². The number of likely N-dealkylation sites (N-methyl/N-ethyl adjacent to an activating group) is 1. The number of amides is 1. The molecule has 0 saturated heterocycles. The Morgan fingerprint density at radius 1 is 1.75 bits per heavy atom. The maximum atomic E-state index is 10.9. The molecule has 0 spiro atoms. The molecule has 0 unspecified atom stereocenters. The van der Waals surface area contributed by atoms with Crippen LogP contribution in [0.15, 0.2) is 11.8 Å². The highest BCUT2D eigenvalue weighted by Crippen LogP contribution is 1.99. The summed E-state index contributed by atoms with van der Waals surface area (Å²) in [6, 6.07) is 1.99. The topological polar surface area (TPSA) is 70.1 Å². The molecule has 0 aromatic carbocycles. The molecule has 2 N–H and O–H groups in total. The molecule has 0 aliphatic heterocycles. The summed E-state index contributed by atoms with van der Waals surface area (Å²) in [4.78, 5) is 12.3. The fourth-order valence-electron chi connectivity index (χ4n) is 0.649. The Hall–Kier alpha value is -1.34. The maximum absolute atomic E-state index is 10.9. The number of nitrogens with zero attached hydrogens (tertiary/aromatic N) is 2. The van der Waals surface area contributed by atoms with E-state index in [1.165, 1.54) is 11.1 Å². The van der Waals surface area contributed by atoms with Gasteiger partial charge in [-0.3, -0.25) is 4.79 Å². The smallest absolute Gasteiger partial charge is 0.240 e. The molecule has 4 heteroatoms. The van der Waals surface area contributed by atoms with Gasteiger partial charge in [0.1, 0.15) is 0 Å². The Labute approximate surface area is 72.3 Å². The van der Waals surface area contributed by atoms with Crippen LogP contribution in [-0.2, 0) is 4.79 Å². The second-order valence-electron chi connectivity index (χ2n) is 2.33. The molecule has 0 bridgehead atoms. The van der Waals surface area contributed by atoms with Crippen LogP contribution in [0.4, 0.5) is 0 Å². The highest BCUT2D eigenvalue weighted by molar-refractivity contribution is 5.78. The molecule has 0 aliphatic carbocycles. The normalized spacial score (nSPS) is 10.7. The van der Waals surface area contributed by atoms with Crippen molar-refractivity contribution in [1.29, 1.82) is 5.26 Å². The number of rotatable bonds is 3. The molecule has 0 saturated carbocycles. The first-order valence-corrected chi connectivity index (χ1v) is 3.72. The number of nitriles is 1. The average molecular weight is 167 g/mol. The van der Waals surface area contributed by atoms with Crippen molar-refractivity contribution in [3.05, 3.63) is 11.8 Å². The van der Waals surface area contributed by atoms with Gasteiger partial charge in [-0.25, -0.2) is 0 Å². The minimum absolute atomic E-state index is 0.0323. The molecule has 0 aromatic heterocycles. The Morgan fingerprint density at radius 2 is 2.33 bits per heavy atom. The first-order chi connectivity index (χ1) is 5.65. The zero-order chi connectivity index (χ0) is 9.56. The average Bonchev–Trinajstić information content (AvgIpc) is 2.12. The van der Waals surface area contributed by atoms with E-state index in [0.29, 0.717) is 12.0 Å². The monoisotopic (exact) mass is 167 g/mol. The molecule has 0 radical (unpaired) electrons. The molecule has 0 fully saturated rings. The number of hydrogen-bond donors (Lipinski definition) is 1. The van der Waals surface area contributed by atoms with Gasteiger partial charge in [0, 0.05) is 18.8 Å². The zero-order valence-corrected chi connectivity index (χ0v) is 7.37. The molecule has 0 aliphatic rings. The summed E-state index contributed by atoms with van der Waals surface area (Å²) in [5.41, 5.74) is 5.70. The minimum atomic E-state index is -0.198. The van der Waals surface area contributed by atoms with Gasteiger partial charge in [-0.2, -0.15) is 5.26 Å². The van der Waals surface area contributed by atoms with Gasteiger partial charge in [0.05, 0.1) is 12.6 Å². The number of nitrogens with two attached hydrogens (primary N) is 1. The molecular formula is C8H13N3O. The fourth-order valence-corrected chi connectivity index (χ4v) is 0.649. The van der Waals surface area contributed by atoms with E-state index in [2.05, 4.69) is 0 Å². The molecule has 0 rings (SSSR count). The lowest BCUT2D eigenvalue weighted by Gasteiger charge is -2.10. The van der Waals surface area contributed by atoms with Crippen molar-refractivity contribution >= 4 is 5.91 Å². The predicted octanol–water partition coefficient (Wildman–Crippen LogP) is 0.221. The van der Waals surface area contributed by atoms with Gasteiger partial charge in [0.2, 0.25) is 5.91 Å². The standard InChI is InChI=1S/C8H13N3O/c1-3-7(4-9)6-11(2)8(12)5-10/h6H,3,5,10H2,1-2H3. The van der Waals surface area contributed by atoms with E-state index in [-0.39, 0.29) is 12.5 Å². The van der Waals surface area contributed by atoms with Gasteiger partial charge in [-0.1, -0.05) is 6.92 Å². The van der Waals surface area contributed by atoms with E-state index in [4.69, 9.17) is 11.0 Å². The first kappa shape index (κ1) is 10.7. The van der Waals surface area contributed by atoms with Gasteiger partial charge >= 0.3 is 0 Å². The predicted molar refractivity (Wildman–Crippen MR) is 45.8 cm³/mol. The third-order valence-electron chi connectivity index (χ3n) is 1.44. The zero-order valence-electron chi connectivity index (χ0n) is 7.37. The van der Waals surface area contributed by atoms with E-state index >= 15 is 0 Å². The molecule has 0 aromatic rings. The summed E-state index contributed by atoms with van der Waals surface area (Å²) in [7, 11) is 1.59. The van der Waals surface area contributed by atoms with E-state index in [1.807, 2.05) is 13.0 Å². The third kappa shape index (κ3) is 3.17. The number of hydrogen-bond acceptors (Lipinski definition) is 3. The van der Waals surface area contributed by atoms with Crippen LogP contribution in [0.25, 0.3) is 0 Å². The van der Waals surface area contributed by atoms with Crippen LogP contribution in [0.2, 0.25) is 0 Å². The van der Waals surface area contributed by atoms with Crippen LogP contribution < -0.4 is 5.73 Å². The first-order valence-electron chi connectivity index (χ1n) is 3.72. The van der Waals surface area contributed by atoms with Crippen LogP contribution >= 0.6 is 0 Å². The van der Waals surface area contributed by atoms with Crippen LogP contribution in [0.5, 0.6) is 0 Å². The van der Waals surface area contributed by atoms with Gasteiger partial charge < -0.3 is 10.6 Å². The van der Waals surface area contributed by atoms with Gasteiger partial charge in [-0.05, 0) is 6.42 Å². The summed E-state index contributed by atoms with van der Waals surface area (Å²) in [6.07, 6.45) is 2.13. The molecule has 66 valence electrons. The van der Waals surface area contributed by atoms with Crippen molar-refractivity contribution in [1.82, 2.24) is 4.90 Å². The molecule has 0 atom stereocenters. The molecule has 4 nitrogen and oxygen atoms in total. The lowest BCUT2D eigenvalue weighted by molar-refractivity contribution is -0.126. The van der Waals surface area contributed by atoms with Gasteiger partial charge in [0.15, 0.2) is 0 Å². The number of carbonyl (C=O) groups is 1. The number of carbonyl (C=O) groups excluding carboxylic acids is 1. The second kappa shape index (κ2) is 5.33. The van der Waals surface area contributed by atoms with E-state index in [9.17, 15) is 4.79 Å². The summed E-state index contributed by atoms with van der Waals surface area (Å²) >= 11 is 0. The fraction of sp³-hybridized carbons (Fsp3) is 0.500. The molecule has 0 heterocycles. The van der Waals surface area contributed by atoms with E-state index < -0.39 is 0 Å². The summed E-state index contributed by atoms with van der Waals surface area (Å²) < 4.78 is 0. The Balaban J connectivity index is 4.32. The highest BCUT2D eigenvalue weighted by atomic mass is 16.2. The number of allylic oxidation sites excluding steroid dienone is 1. The van der Waals surface area contributed by atoms with Crippen LogP contribution in [-0.4, -0.2) is 24.4 Å². The third-order valence-corrected chi connectivity index (χ3v) is 1.44. The molecular weight excluding hydrogens is 154 g/mol. The maximum Gasteiger partial charge on any atom is 0.240 e. The summed E-state index contributed by atoms with van der Waals surface area (Å²) in [5.74, 6) is -0.198. The van der Waals surface area contributed by atoms with E-state index in [1.54, 1.807) is 7.05 Å². The van der Waals surface area contributed by atoms with Crippen LogP contribution in [0.3, 0.4) is 0 Å². The minimum Gasteiger partial charge on any atom is -0.322 e. The second-order valence-corrected chi connectivity index (χ2v) is 2.33.